The molecule has 13 rings (SSSR count). The van der Waals surface area contributed by atoms with Crippen LogP contribution in [0.5, 0.6) is 0 Å². The minimum Gasteiger partial charge on any atom is -0.392 e. The summed E-state index contributed by atoms with van der Waals surface area (Å²) >= 11 is 0. The first-order chi connectivity index (χ1) is 30.0. The summed E-state index contributed by atoms with van der Waals surface area (Å²) in [4.78, 5) is 26.0. The summed E-state index contributed by atoms with van der Waals surface area (Å²) in [5.74, 6) is 1.09. The number of hydrogen-bond donors (Lipinski definition) is 3. The summed E-state index contributed by atoms with van der Waals surface area (Å²) in [6.07, 6.45) is 14.7. The predicted octanol–water partition coefficient (Wildman–Crippen LogP) is 7.64. The van der Waals surface area contributed by atoms with Crippen molar-refractivity contribution in [1.29, 1.82) is 0 Å². The van der Waals surface area contributed by atoms with E-state index in [0.717, 1.165) is 76.3 Å². The number of aromatic nitrogens is 2. The van der Waals surface area contributed by atoms with Gasteiger partial charge in [0.05, 0.1) is 69.9 Å². The molecule has 3 spiro atoms. The number of aliphatic hydroxyl groups excluding tert-OH is 1. The van der Waals surface area contributed by atoms with Crippen LogP contribution in [0.25, 0.3) is 0 Å². The highest BCUT2D eigenvalue weighted by Gasteiger charge is 2.79. The lowest BCUT2D eigenvalue weighted by Gasteiger charge is -2.60. The van der Waals surface area contributed by atoms with Crippen LogP contribution >= 0.6 is 0 Å². The van der Waals surface area contributed by atoms with Crippen LogP contribution in [0.15, 0.2) is 11.6 Å². The summed E-state index contributed by atoms with van der Waals surface area (Å²) in [6, 6.07) is 0. The molecule has 12 aliphatic rings. The molecule has 10 nitrogen and oxygen atoms in total. The molecule has 350 valence electrons. The Balaban J connectivity index is 0.758. The average Bonchev–Trinajstić information content (AvgIpc) is 4.00. The third kappa shape index (κ3) is 5.01. The van der Waals surface area contributed by atoms with Crippen molar-refractivity contribution in [3.63, 3.8) is 0 Å². The fourth-order valence-electron chi connectivity index (χ4n) is 19.8. The first kappa shape index (κ1) is 42.3. The molecule has 21 atom stereocenters. The van der Waals surface area contributed by atoms with Crippen LogP contribution < -0.4 is 0 Å². The Bertz CT molecular complexity index is 2240. The number of hydrogen-bond acceptors (Lipinski definition) is 10. The third-order valence-corrected chi connectivity index (χ3v) is 23.3. The largest absolute Gasteiger partial charge is 0.392 e. The van der Waals surface area contributed by atoms with Crippen LogP contribution in [0.3, 0.4) is 0 Å². The molecule has 0 radical (unpaired) electrons. The van der Waals surface area contributed by atoms with E-state index in [4.69, 9.17) is 28.9 Å². The number of aliphatic hydroxyl groups is 3. The maximum absolute atomic E-state index is 14.8. The van der Waals surface area contributed by atoms with Gasteiger partial charge in [0, 0.05) is 48.3 Å². The SMILES string of the molecule is C[C@H]1[C@H]2[C@H](C=C3[C@@H]4CC[C@H]5Cc6nc7c(nc6C[C@]5(C)[C@@H]4C[C@@H](O)[C@@]32C)C[C@@H]2CC[C@@H]3[C@H](CC(=O)[C@]34C[C@@H]3O[C@@]5(CCC(C)(C)O5)[C@@H](C)[C@@H]3[C@]4(C)O)[C@@]2(C)C7)O[C@]12CC[C@](C)(O)CO2. The van der Waals surface area contributed by atoms with Crippen LogP contribution in [0.1, 0.15) is 156 Å². The van der Waals surface area contributed by atoms with Crippen molar-refractivity contribution < 1.29 is 39.1 Å². The van der Waals surface area contributed by atoms with Gasteiger partial charge in [-0.15, -0.1) is 0 Å². The first-order valence-corrected chi connectivity index (χ1v) is 26.0. The Morgan fingerprint density at radius 3 is 1.97 bits per heavy atom. The van der Waals surface area contributed by atoms with Gasteiger partial charge in [-0.25, -0.2) is 0 Å². The average molecular weight is 881 g/mol. The minimum atomic E-state index is -1.16. The lowest BCUT2D eigenvalue weighted by Crippen LogP contribution is -2.58. The summed E-state index contributed by atoms with van der Waals surface area (Å²) in [6.45, 7) is 20.2. The van der Waals surface area contributed by atoms with E-state index in [-0.39, 0.29) is 82.0 Å². The van der Waals surface area contributed by atoms with Crippen LogP contribution in [0.2, 0.25) is 0 Å². The summed E-state index contributed by atoms with van der Waals surface area (Å²) in [5.41, 5.74) is 2.70. The van der Waals surface area contributed by atoms with Gasteiger partial charge < -0.3 is 34.3 Å². The molecule has 1 aromatic heterocycles. The monoisotopic (exact) mass is 881 g/mol. The second-order valence-corrected chi connectivity index (χ2v) is 26.5. The molecule has 4 saturated heterocycles. The zero-order valence-corrected chi connectivity index (χ0v) is 40.2. The van der Waals surface area contributed by atoms with Crippen molar-refractivity contribution in [2.45, 2.75) is 205 Å². The van der Waals surface area contributed by atoms with Gasteiger partial charge in [0.1, 0.15) is 5.78 Å². The number of carbonyl (C=O) groups is 1. The van der Waals surface area contributed by atoms with E-state index in [9.17, 15) is 20.1 Å². The van der Waals surface area contributed by atoms with Crippen LogP contribution in [0.4, 0.5) is 0 Å². The molecule has 10 heteroatoms. The molecular formula is C54H76N2O8. The quantitative estimate of drug-likeness (QED) is 0.223. The number of nitrogens with zero attached hydrogens (tertiary/aromatic N) is 2. The molecule has 0 aromatic carbocycles. The van der Waals surface area contributed by atoms with Gasteiger partial charge in [-0.1, -0.05) is 46.3 Å². The second-order valence-electron chi connectivity index (χ2n) is 26.5. The highest BCUT2D eigenvalue weighted by atomic mass is 16.7. The molecule has 64 heavy (non-hydrogen) atoms. The van der Waals surface area contributed by atoms with Gasteiger partial charge in [-0.05, 0) is 151 Å². The third-order valence-electron chi connectivity index (χ3n) is 23.3. The smallest absolute Gasteiger partial charge is 0.172 e. The summed E-state index contributed by atoms with van der Waals surface area (Å²) in [5, 5.41) is 36.0. The lowest BCUT2D eigenvalue weighted by molar-refractivity contribution is -0.287. The molecule has 0 bridgehead atoms. The van der Waals surface area contributed by atoms with Gasteiger partial charge >= 0.3 is 0 Å². The number of carbonyl (C=O) groups excluding carboxylic acids is 1. The molecular weight excluding hydrogens is 805 g/mol. The molecule has 0 amide bonds. The van der Waals surface area contributed by atoms with Crippen molar-refractivity contribution in [2.75, 3.05) is 6.61 Å². The predicted molar refractivity (Wildman–Crippen MR) is 237 cm³/mol. The van der Waals surface area contributed by atoms with Crippen LogP contribution in [0, 0.1) is 80.8 Å². The Kier molecular flexibility index (Phi) is 8.40. The molecule has 5 saturated carbocycles. The van der Waals surface area contributed by atoms with E-state index in [0.29, 0.717) is 49.4 Å². The minimum absolute atomic E-state index is 0.0132. The van der Waals surface area contributed by atoms with E-state index in [1.54, 1.807) is 0 Å². The van der Waals surface area contributed by atoms with Gasteiger partial charge in [0.25, 0.3) is 0 Å². The van der Waals surface area contributed by atoms with Crippen molar-refractivity contribution in [3.8, 4) is 0 Å². The van der Waals surface area contributed by atoms with Crippen LogP contribution in [-0.4, -0.2) is 84.4 Å². The number of fused-ring (bicyclic) bond motifs is 14. The van der Waals surface area contributed by atoms with E-state index < -0.39 is 34.3 Å². The normalized spacial score (nSPS) is 58.3. The Hall–Kier alpha value is -1.79. The van der Waals surface area contributed by atoms with Crippen molar-refractivity contribution in [3.05, 3.63) is 34.4 Å². The van der Waals surface area contributed by atoms with E-state index in [2.05, 4.69) is 54.5 Å². The van der Waals surface area contributed by atoms with Gasteiger partial charge in [0.2, 0.25) is 0 Å². The fourth-order valence-corrected chi connectivity index (χ4v) is 19.8. The summed E-state index contributed by atoms with van der Waals surface area (Å²) < 4.78 is 26.9. The summed E-state index contributed by atoms with van der Waals surface area (Å²) in [7, 11) is 0. The Morgan fingerprint density at radius 2 is 1.34 bits per heavy atom. The second kappa shape index (κ2) is 12.7. The number of ether oxygens (including phenoxy) is 4. The van der Waals surface area contributed by atoms with Crippen molar-refractivity contribution in [2.24, 2.45) is 80.8 Å². The Labute approximate surface area is 380 Å². The standard InChI is InChI=1S/C54H76N2O8/c1-27-44-40(62-53(27)17-15-47(5,59)26-61-53)20-34-31-12-10-29-18-36-38(23-48(29,6)33(31)21-42(57)50(34,44)8)55-37-19-30-11-13-32-35(49(30,7)24-39(37)56-36)22-43(58)52(32)25-41-45(51(52,9)60)28(2)54(63-41)16-14-46(3,4)64-54/h20,27-33,35,40-42,44-45,57,59-60H,10-19,21-26H2,1-9H3/t27-,28-,29-,30-,31+,32+,33+,35-,40-,41-,42+,44-,45-,47-,48-,49-,50+,51-,52-,53+,54+/m0/s1. The van der Waals surface area contributed by atoms with Crippen molar-refractivity contribution in [1.82, 2.24) is 9.97 Å². The maximum atomic E-state index is 14.8. The topological polar surface area (TPSA) is 140 Å². The highest BCUT2D eigenvalue weighted by molar-refractivity contribution is 5.90. The van der Waals surface area contributed by atoms with Crippen LogP contribution in [-0.2, 0) is 49.4 Å². The van der Waals surface area contributed by atoms with E-state index >= 15 is 0 Å². The lowest BCUT2D eigenvalue weighted by atomic mass is 9.45. The highest BCUT2D eigenvalue weighted by Crippen LogP contribution is 2.74. The zero-order valence-electron chi connectivity index (χ0n) is 40.2. The van der Waals surface area contributed by atoms with Gasteiger partial charge in [-0.3, -0.25) is 14.8 Å². The molecule has 8 aliphatic carbocycles. The Morgan fingerprint density at radius 1 is 0.703 bits per heavy atom. The zero-order chi connectivity index (χ0) is 44.7. The fraction of sp³-hybridized carbons (Fsp3) is 0.870. The van der Waals surface area contributed by atoms with E-state index in [1.165, 1.54) is 22.7 Å². The van der Waals surface area contributed by atoms with E-state index in [1.807, 2.05) is 13.8 Å². The molecule has 1 aromatic rings. The number of ketones is 1. The number of rotatable bonds is 0. The van der Waals surface area contributed by atoms with Gasteiger partial charge in [0.15, 0.2) is 11.6 Å². The molecule has 5 heterocycles. The molecule has 3 N–H and O–H groups in total. The number of Topliss-reactive ketones (excluding diaryl/α,β-unsaturated/α-hetero) is 1. The van der Waals surface area contributed by atoms with Gasteiger partial charge in [-0.2, -0.15) is 0 Å². The molecule has 0 unspecified atom stereocenters. The molecule has 9 fully saturated rings. The maximum Gasteiger partial charge on any atom is 0.172 e. The molecule has 4 aliphatic heterocycles. The van der Waals surface area contributed by atoms with Crippen molar-refractivity contribution >= 4 is 5.78 Å². The first-order valence-electron chi connectivity index (χ1n) is 26.0.